The van der Waals surface area contributed by atoms with Crippen molar-refractivity contribution in [1.29, 1.82) is 0 Å². The Bertz CT molecular complexity index is 1290. The normalized spacial score (nSPS) is 11.1. The maximum absolute atomic E-state index is 13.2. The number of rotatable bonds is 7. The van der Waals surface area contributed by atoms with Crippen LogP contribution in [0.4, 0.5) is 4.39 Å². The molecule has 0 unspecified atom stereocenters. The van der Waals surface area contributed by atoms with Gasteiger partial charge < -0.3 is 0 Å². The molecule has 4 aromatic rings. The van der Waals surface area contributed by atoms with E-state index in [0.29, 0.717) is 26.6 Å². The first kappa shape index (κ1) is 23.0. The molecule has 0 bridgehead atoms. The molecule has 0 atom stereocenters. The standard InChI is InChI=1S/C23H16Cl2FN5OS/c24-17-6-4-16(5-7-17)22-29-30-23(31(22)20-10-8-18(25)9-11-20)33-14-21(32)28-27-13-15-2-1-3-19(26)12-15/h1-13H,14H2,(H,28,32). The molecule has 0 aliphatic carbocycles. The number of hydrogen-bond donors (Lipinski definition) is 1. The number of benzene rings is 3. The summed E-state index contributed by atoms with van der Waals surface area (Å²) >= 11 is 13.3. The highest BCUT2D eigenvalue weighted by Gasteiger charge is 2.17. The van der Waals surface area contributed by atoms with Crippen molar-refractivity contribution in [1.82, 2.24) is 20.2 Å². The van der Waals surface area contributed by atoms with E-state index >= 15 is 0 Å². The van der Waals surface area contributed by atoms with Crippen LogP contribution in [-0.2, 0) is 4.79 Å². The Morgan fingerprint density at radius 3 is 2.42 bits per heavy atom. The summed E-state index contributed by atoms with van der Waals surface area (Å²) < 4.78 is 15.1. The molecule has 0 aliphatic heterocycles. The number of aromatic nitrogens is 3. The summed E-state index contributed by atoms with van der Waals surface area (Å²) in [6.07, 6.45) is 1.38. The van der Waals surface area contributed by atoms with Crippen LogP contribution in [0.5, 0.6) is 0 Å². The molecule has 166 valence electrons. The van der Waals surface area contributed by atoms with Crippen molar-refractivity contribution in [3.05, 3.63) is 94.2 Å². The van der Waals surface area contributed by atoms with E-state index in [2.05, 4.69) is 20.7 Å². The molecule has 0 spiro atoms. The van der Waals surface area contributed by atoms with E-state index in [0.717, 1.165) is 11.3 Å². The third-order valence-corrected chi connectivity index (χ3v) is 5.84. The average molecular weight is 500 g/mol. The second kappa shape index (κ2) is 10.6. The molecule has 1 aromatic heterocycles. The molecule has 33 heavy (non-hydrogen) atoms. The zero-order valence-electron chi connectivity index (χ0n) is 17.0. The zero-order valence-corrected chi connectivity index (χ0v) is 19.3. The Morgan fingerprint density at radius 1 is 1.03 bits per heavy atom. The first-order chi connectivity index (χ1) is 16.0. The number of carbonyl (C=O) groups excluding carboxylic acids is 1. The third kappa shape index (κ3) is 5.98. The second-order valence-corrected chi connectivity index (χ2v) is 8.58. The molecular weight excluding hydrogens is 484 g/mol. The van der Waals surface area contributed by atoms with Crippen LogP contribution in [-0.4, -0.2) is 32.6 Å². The van der Waals surface area contributed by atoms with Crippen molar-refractivity contribution in [3.8, 4) is 17.1 Å². The van der Waals surface area contributed by atoms with Crippen molar-refractivity contribution in [3.63, 3.8) is 0 Å². The minimum Gasteiger partial charge on any atom is -0.272 e. The van der Waals surface area contributed by atoms with E-state index < -0.39 is 0 Å². The van der Waals surface area contributed by atoms with Gasteiger partial charge in [-0.3, -0.25) is 9.36 Å². The van der Waals surface area contributed by atoms with Crippen molar-refractivity contribution in [2.75, 3.05) is 5.75 Å². The van der Waals surface area contributed by atoms with Gasteiger partial charge in [0, 0.05) is 21.3 Å². The number of nitrogens with one attached hydrogen (secondary N) is 1. The molecule has 4 rings (SSSR count). The Morgan fingerprint density at radius 2 is 1.73 bits per heavy atom. The topological polar surface area (TPSA) is 72.2 Å². The van der Waals surface area contributed by atoms with Crippen LogP contribution in [0.25, 0.3) is 17.1 Å². The maximum atomic E-state index is 13.2. The third-order valence-electron chi connectivity index (χ3n) is 4.40. The molecule has 10 heteroatoms. The Hall–Kier alpha value is -3.20. The van der Waals surface area contributed by atoms with Gasteiger partial charge in [-0.1, -0.05) is 47.1 Å². The van der Waals surface area contributed by atoms with E-state index in [4.69, 9.17) is 23.2 Å². The number of thioether (sulfide) groups is 1. The van der Waals surface area contributed by atoms with Gasteiger partial charge in [0.15, 0.2) is 11.0 Å². The summed E-state index contributed by atoms with van der Waals surface area (Å²) in [4.78, 5) is 12.3. The number of amides is 1. The summed E-state index contributed by atoms with van der Waals surface area (Å²) in [7, 11) is 0. The summed E-state index contributed by atoms with van der Waals surface area (Å²) in [5.41, 5.74) is 4.58. The van der Waals surface area contributed by atoms with Gasteiger partial charge in [0.25, 0.3) is 5.91 Å². The highest BCUT2D eigenvalue weighted by atomic mass is 35.5. The number of carbonyl (C=O) groups is 1. The number of hydrazone groups is 1. The Labute approximate surface area is 203 Å². The lowest BCUT2D eigenvalue weighted by molar-refractivity contribution is -0.118. The first-order valence-electron chi connectivity index (χ1n) is 9.67. The van der Waals surface area contributed by atoms with Gasteiger partial charge in [-0.25, -0.2) is 9.82 Å². The molecule has 0 saturated heterocycles. The van der Waals surface area contributed by atoms with E-state index in [1.807, 2.05) is 28.8 Å². The second-order valence-electron chi connectivity index (χ2n) is 6.76. The molecule has 1 heterocycles. The fourth-order valence-electron chi connectivity index (χ4n) is 2.90. The molecule has 0 radical (unpaired) electrons. The minimum absolute atomic E-state index is 0.0484. The summed E-state index contributed by atoms with van der Waals surface area (Å²) in [6.45, 7) is 0. The van der Waals surface area contributed by atoms with Gasteiger partial charge in [0.2, 0.25) is 0 Å². The van der Waals surface area contributed by atoms with E-state index in [1.54, 1.807) is 36.4 Å². The highest BCUT2D eigenvalue weighted by molar-refractivity contribution is 7.99. The van der Waals surface area contributed by atoms with Gasteiger partial charge in [0.05, 0.1) is 12.0 Å². The highest BCUT2D eigenvalue weighted by Crippen LogP contribution is 2.29. The SMILES string of the molecule is O=C(CSc1nnc(-c2ccc(Cl)cc2)n1-c1ccc(Cl)cc1)NN=Cc1cccc(F)c1. The fourth-order valence-corrected chi connectivity index (χ4v) is 3.90. The minimum atomic E-state index is -0.376. The molecule has 1 N–H and O–H groups in total. The van der Waals surface area contributed by atoms with Crippen LogP contribution in [0, 0.1) is 5.82 Å². The fraction of sp³-hybridized carbons (Fsp3) is 0.0435. The molecule has 1 amide bonds. The van der Waals surface area contributed by atoms with E-state index in [9.17, 15) is 9.18 Å². The van der Waals surface area contributed by atoms with Gasteiger partial charge in [-0.15, -0.1) is 10.2 Å². The van der Waals surface area contributed by atoms with Crippen LogP contribution in [0.2, 0.25) is 10.0 Å². The summed E-state index contributed by atoms with van der Waals surface area (Å²) in [6, 6.07) is 20.4. The zero-order chi connectivity index (χ0) is 23.2. The van der Waals surface area contributed by atoms with Crippen molar-refractivity contribution < 1.29 is 9.18 Å². The van der Waals surface area contributed by atoms with Gasteiger partial charge in [-0.05, 0) is 66.2 Å². The monoisotopic (exact) mass is 499 g/mol. The molecule has 0 saturated carbocycles. The van der Waals surface area contributed by atoms with E-state index in [1.165, 1.54) is 30.1 Å². The van der Waals surface area contributed by atoms with Crippen LogP contribution in [0.1, 0.15) is 5.56 Å². The number of nitrogens with zero attached hydrogens (tertiary/aromatic N) is 4. The lowest BCUT2D eigenvalue weighted by atomic mass is 10.2. The van der Waals surface area contributed by atoms with Gasteiger partial charge >= 0.3 is 0 Å². The molecule has 0 fully saturated rings. The Kier molecular flexibility index (Phi) is 7.39. The predicted octanol–water partition coefficient (Wildman–Crippen LogP) is 5.62. The van der Waals surface area contributed by atoms with Gasteiger partial charge in [0.1, 0.15) is 5.82 Å². The van der Waals surface area contributed by atoms with Crippen molar-refractivity contribution in [2.45, 2.75) is 5.16 Å². The number of halogens is 3. The maximum Gasteiger partial charge on any atom is 0.250 e. The average Bonchev–Trinajstić information content (AvgIpc) is 3.23. The van der Waals surface area contributed by atoms with Crippen LogP contribution in [0.15, 0.2) is 83.1 Å². The first-order valence-corrected chi connectivity index (χ1v) is 11.4. The quantitative estimate of drug-likeness (QED) is 0.203. The molecule has 0 aliphatic rings. The van der Waals surface area contributed by atoms with Crippen molar-refractivity contribution in [2.24, 2.45) is 5.10 Å². The lowest BCUT2D eigenvalue weighted by Gasteiger charge is -2.10. The van der Waals surface area contributed by atoms with Gasteiger partial charge in [-0.2, -0.15) is 5.10 Å². The molecule has 3 aromatic carbocycles. The Balaban J connectivity index is 1.51. The summed E-state index contributed by atoms with van der Waals surface area (Å²) in [5.74, 6) is -0.0708. The van der Waals surface area contributed by atoms with E-state index in [-0.39, 0.29) is 17.5 Å². The van der Waals surface area contributed by atoms with Crippen molar-refractivity contribution >= 4 is 47.1 Å². The number of hydrogen-bond acceptors (Lipinski definition) is 5. The largest absolute Gasteiger partial charge is 0.272 e. The van der Waals surface area contributed by atoms with Crippen LogP contribution >= 0.6 is 35.0 Å². The van der Waals surface area contributed by atoms with Crippen LogP contribution in [0.3, 0.4) is 0 Å². The predicted molar refractivity (Wildman–Crippen MR) is 130 cm³/mol. The molecular formula is C23H16Cl2FN5OS. The smallest absolute Gasteiger partial charge is 0.250 e. The van der Waals surface area contributed by atoms with Crippen LogP contribution < -0.4 is 5.43 Å². The summed E-state index contributed by atoms with van der Waals surface area (Å²) in [5, 5.41) is 14.2. The molecule has 6 nitrogen and oxygen atoms in total. The lowest BCUT2D eigenvalue weighted by Crippen LogP contribution is -2.20.